The molecular formula is C27H48N2O6. The SMILES string of the molecule is COCCCOc1cc(CC(CC(N)C(O)CNC(=O)[C@H](OC)C(C)(C)C)C(C)C)ccc1OC. The molecule has 0 radical (unpaired) electrons. The molecule has 0 aliphatic heterocycles. The van der Waals surface area contributed by atoms with E-state index in [2.05, 4.69) is 19.2 Å². The molecule has 0 aliphatic rings. The number of aliphatic hydroxyl groups excluding tert-OH is 1. The maximum atomic E-state index is 12.5. The Morgan fingerprint density at radius 3 is 2.34 bits per heavy atom. The lowest BCUT2D eigenvalue weighted by molar-refractivity contribution is -0.137. The molecule has 0 bridgehead atoms. The van der Waals surface area contributed by atoms with Gasteiger partial charge < -0.3 is 35.1 Å². The van der Waals surface area contributed by atoms with Crippen molar-refractivity contribution in [3.63, 3.8) is 0 Å². The Kier molecular flexibility index (Phi) is 13.6. The first-order valence-electron chi connectivity index (χ1n) is 12.5. The average Bonchev–Trinajstić information content (AvgIpc) is 2.79. The monoisotopic (exact) mass is 496 g/mol. The molecule has 1 rings (SSSR count). The van der Waals surface area contributed by atoms with Crippen molar-refractivity contribution in [2.24, 2.45) is 23.0 Å². The number of carbonyl (C=O) groups excluding carboxylic acids is 1. The topological polar surface area (TPSA) is 112 Å². The highest BCUT2D eigenvalue weighted by atomic mass is 16.5. The summed E-state index contributed by atoms with van der Waals surface area (Å²) in [6.07, 6.45) is 0.752. The second-order valence-corrected chi connectivity index (χ2v) is 10.6. The molecule has 3 unspecified atom stereocenters. The lowest BCUT2D eigenvalue weighted by atomic mass is 9.83. The van der Waals surface area contributed by atoms with Gasteiger partial charge in [0, 0.05) is 39.8 Å². The highest BCUT2D eigenvalue weighted by molar-refractivity contribution is 5.81. The van der Waals surface area contributed by atoms with Gasteiger partial charge in [0.25, 0.3) is 0 Å². The van der Waals surface area contributed by atoms with E-state index in [0.717, 1.165) is 18.4 Å². The van der Waals surface area contributed by atoms with Crippen molar-refractivity contribution in [1.29, 1.82) is 0 Å². The second-order valence-electron chi connectivity index (χ2n) is 10.6. The second kappa shape index (κ2) is 15.3. The van der Waals surface area contributed by atoms with Gasteiger partial charge >= 0.3 is 0 Å². The third-order valence-corrected chi connectivity index (χ3v) is 6.23. The van der Waals surface area contributed by atoms with Gasteiger partial charge in [-0.05, 0) is 47.8 Å². The quantitative estimate of drug-likeness (QED) is 0.301. The van der Waals surface area contributed by atoms with Crippen molar-refractivity contribution in [2.75, 3.05) is 41.1 Å². The highest BCUT2D eigenvalue weighted by Gasteiger charge is 2.32. The third kappa shape index (κ3) is 10.7. The lowest BCUT2D eigenvalue weighted by Gasteiger charge is -2.30. The fourth-order valence-corrected chi connectivity index (χ4v) is 4.05. The number of hydrogen-bond donors (Lipinski definition) is 3. The molecule has 202 valence electrons. The summed E-state index contributed by atoms with van der Waals surface area (Å²) >= 11 is 0. The largest absolute Gasteiger partial charge is 0.493 e. The van der Waals surface area contributed by atoms with E-state index < -0.39 is 18.2 Å². The van der Waals surface area contributed by atoms with Gasteiger partial charge in [-0.25, -0.2) is 0 Å². The van der Waals surface area contributed by atoms with Gasteiger partial charge in [0.1, 0.15) is 6.10 Å². The highest BCUT2D eigenvalue weighted by Crippen LogP contribution is 2.31. The fourth-order valence-electron chi connectivity index (χ4n) is 4.05. The Morgan fingerprint density at radius 2 is 1.80 bits per heavy atom. The predicted octanol–water partition coefficient (Wildman–Crippen LogP) is 3.18. The maximum Gasteiger partial charge on any atom is 0.249 e. The Balaban J connectivity index is 2.77. The molecular weight excluding hydrogens is 448 g/mol. The average molecular weight is 497 g/mol. The fraction of sp³-hybridized carbons (Fsp3) is 0.741. The van der Waals surface area contributed by atoms with Crippen LogP contribution in [0.3, 0.4) is 0 Å². The van der Waals surface area contributed by atoms with Crippen molar-refractivity contribution < 1.29 is 28.8 Å². The number of rotatable bonds is 16. The molecule has 4 atom stereocenters. The van der Waals surface area contributed by atoms with Crippen LogP contribution in [0.1, 0.15) is 53.0 Å². The number of hydrogen-bond acceptors (Lipinski definition) is 7. The minimum Gasteiger partial charge on any atom is -0.493 e. The van der Waals surface area contributed by atoms with E-state index in [4.69, 9.17) is 24.7 Å². The van der Waals surface area contributed by atoms with Crippen LogP contribution in [0, 0.1) is 17.3 Å². The van der Waals surface area contributed by atoms with Gasteiger partial charge in [-0.1, -0.05) is 40.7 Å². The van der Waals surface area contributed by atoms with Crippen molar-refractivity contribution in [1.82, 2.24) is 5.32 Å². The maximum absolute atomic E-state index is 12.5. The van der Waals surface area contributed by atoms with Crippen LogP contribution in [0.25, 0.3) is 0 Å². The molecule has 0 spiro atoms. The molecule has 1 aromatic rings. The number of nitrogens with two attached hydrogens (primary N) is 1. The number of aliphatic hydroxyl groups is 1. The summed E-state index contributed by atoms with van der Waals surface area (Å²) in [5, 5.41) is 13.4. The Labute approximate surface area is 211 Å². The Morgan fingerprint density at radius 1 is 1.11 bits per heavy atom. The van der Waals surface area contributed by atoms with Crippen LogP contribution in [-0.2, 0) is 20.7 Å². The smallest absolute Gasteiger partial charge is 0.249 e. The molecule has 0 heterocycles. The van der Waals surface area contributed by atoms with Gasteiger partial charge in [0.15, 0.2) is 11.5 Å². The third-order valence-electron chi connectivity index (χ3n) is 6.23. The molecule has 35 heavy (non-hydrogen) atoms. The summed E-state index contributed by atoms with van der Waals surface area (Å²) in [7, 11) is 4.81. The van der Waals surface area contributed by atoms with Gasteiger partial charge in [-0.15, -0.1) is 0 Å². The molecule has 8 heteroatoms. The van der Waals surface area contributed by atoms with Crippen molar-refractivity contribution in [3.05, 3.63) is 23.8 Å². The van der Waals surface area contributed by atoms with Crippen LogP contribution in [0.2, 0.25) is 0 Å². The molecule has 1 amide bonds. The van der Waals surface area contributed by atoms with Gasteiger partial charge in [0.05, 0.1) is 19.8 Å². The molecule has 1 aromatic carbocycles. The number of carbonyl (C=O) groups is 1. The van der Waals surface area contributed by atoms with Crippen LogP contribution < -0.4 is 20.5 Å². The summed E-state index contributed by atoms with van der Waals surface area (Å²) in [4.78, 5) is 12.5. The van der Waals surface area contributed by atoms with E-state index in [0.29, 0.717) is 37.1 Å². The minimum absolute atomic E-state index is 0.0861. The summed E-state index contributed by atoms with van der Waals surface area (Å²) in [6.45, 7) is 11.4. The Hall–Kier alpha value is -1.87. The first kappa shape index (κ1) is 31.2. The normalized spacial score (nSPS) is 15.4. The molecule has 0 fully saturated rings. The zero-order chi connectivity index (χ0) is 26.6. The molecule has 0 saturated heterocycles. The zero-order valence-corrected chi connectivity index (χ0v) is 22.9. The van der Waals surface area contributed by atoms with E-state index >= 15 is 0 Å². The number of amides is 1. The zero-order valence-electron chi connectivity index (χ0n) is 22.9. The van der Waals surface area contributed by atoms with E-state index in [1.807, 2.05) is 39.0 Å². The lowest BCUT2D eigenvalue weighted by Crippen LogP contribution is -2.49. The number of ether oxygens (including phenoxy) is 4. The van der Waals surface area contributed by atoms with Gasteiger partial charge in [0.2, 0.25) is 5.91 Å². The number of nitrogens with one attached hydrogen (secondary N) is 1. The van der Waals surface area contributed by atoms with Crippen LogP contribution in [0.15, 0.2) is 18.2 Å². The number of benzene rings is 1. The van der Waals surface area contributed by atoms with Crippen molar-refractivity contribution in [2.45, 2.75) is 72.1 Å². The van der Waals surface area contributed by atoms with Crippen molar-refractivity contribution in [3.8, 4) is 11.5 Å². The van der Waals surface area contributed by atoms with Crippen LogP contribution in [-0.4, -0.2) is 70.4 Å². The van der Waals surface area contributed by atoms with E-state index in [9.17, 15) is 9.90 Å². The van der Waals surface area contributed by atoms with Gasteiger partial charge in [-0.3, -0.25) is 4.79 Å². The molecule has 0 aromatic heterocycles. The molecule has 4 N–H and O–H groups in total. The Bertz CT molecular complexity index is 750. The summed E-state index contributed by atoms with van der Waals surface area (Å²) < 4.78 is 21.8. The molecule has 8 nitrogen and oxygen atoms in total. The summed E-state index contributed by atoms with van der Waals surface area (Å²) in [5.74, 6) is 1.76. The van der Waals surface area contributed by atoms with E-state index in [1.165, 1.54) is 7.11 Å². The molecule has 0 aliphatic carbocycles. The standard InChI is InChI=1S/C27H48N2O6/c1-18(2)20(14-19-10-11-23(33-7)24(15-19)35-13-9-12-32-6)16-21(28)22(30)17-29-26(31)25(34-8)27(3,4)5/h10-11,15,18,20-22,25,30H,9,12-14,16-17,28H2,1-8H3,(H,29,31)/t20?,21?,22?,25-/m0/s1. The van der Waals surface area contributed by atoms with Crippen molar-refractivity contribution >= 4 is 5.91 Å². The predicted molar refractivity (Wildman–Crippen MR) is 139 cm³/mol. The minimum atomic E-state index is -0.853. The van der Waals surface area contributed by atoms with Gasteiger partial charge in [-0.2, -0.15) is 0 Å². The first-order valence-corrected chi connectivity index (χ1v) is 12.5. The van der Waals surface area contributed by atoms with E-state index in [1.54, 1.807) is 14.2 Å². The van der Waals surface area contributed by atoms with Crippen LogP contribution in [0.5, 0.6) is 11.5 Å². The van der Waals surface area contributed by atoms with Crippen LogP contribution >= 0.6 is 0 Å². The number of methoxy groups -OCH3 is 3. The summed E-state index contributed by atoms with van der Waals surface area (Å²) in [5.41, 5.74) is 7.14. The van der Waals surface area contributed by atoms with E-state index in [-0.39, 0.29) is 23.8 Å². The van der Waals surface area contributed by atoms with Crippen LogP contribution in [0.4, 0.5) is 0 Å². The first-order chi connectivity index (χ1) is 16.4. The summed E-state index contributed by atoms with van der Waals surface area (Å²) in [6, 6.07) is 5.50. The molecule has 0 saturated carbocycles.